The van der Waals surface area contributed by atoms with E-state index >= 15 is 0 Å². The normalized spacial score (nSPS) is 17.2. The van der Waals surface area contributed by atoms with Crippen molar-refractivity contribution in [3.8, 4) is 0 Å². The lowest BCUT2D eigenvalue weighted by molar-refractivity contribution is -0.141. The molecule has 0 bridgehead atoms. The van der Waals surface area contributed by atoms with Gasteiger partial charge in [-0.1, -0.05) is 6.07 Å². The van der Waals surface area contributed by atoms with Crippen LogP contribution in [0.15, 0.2) is 23.1 Å². The smallest absolute Gasteiger partial charge is 0.306 e. The lowest BCUT2D eigenvalue weighted by atomic mass is 10.0. The topological polar surface area (TPSA) is 104 Å². The Labute approximate surface area is 123 Å². The van der Waals surface area contributed by atoms with E-state index in [1.54, 1.807) is 12.1 Å². The zero-order valence-electron chi connectivity index (χ0n) is 11.8. The van der Waals surface area contributed by atoms with Crippen LogP contribution in [0.5, 0.6) is 0 Å². The van der Waals surface area contributed by atoms with E-state index in [1.807, 2.05) is 6.07 Å². The van der Waals surface area contributed by atoms with Crippen LogP contribution in [0.3, 0.4) is 0 Å². The van der Waals surface area contributed by atoms with Crippen molar-refractivity contribution < 1.29 is 23.4 Å². The highest BCUT2D eigenvalue weighted by atomic mass is 32.2. The van der Waals surface area contributed by atoms with Gasteiger partial charge in [0.1, 0.15) is 0 Å². The first kappa shape index (κ1) is 15.9. The number of aliphatic hydroxyl groups is 1. The van der Waals surface area contributed by atoms with Crippen molar-refractivity contribution >= 4 is 16.0 Å². The Morgan fingerprint density at radius 1 is 1.33 bits per heavy atom. The van der Waals surface area contributed by atoms with E-state index in [-0.39, 0.29) is 11.4 Å². The van der Waals surface area contributed by atoms with Crippen LogP contribution in [0.1, 0.15) is 30.9 Å². The minimum atomic E-state index is -3.75. The SMILES string of the molecule is CC(O)(CNS(=O)(=O)c1ccc2c(c1)CCC2)CC(=O)O. The maximum absolute atomic E-state index is 12.2. The van der Waals surface area contributed by atoms with Gasteiger partial charge in [-0.2, -0.15) is 0 Å². The summed E-state index contributed by atoms with van der Waals surface area (Å²) in [7, 11) is -3.75. The van der Waals surface area contributed by atoms with Crippen LogP contribution in [0, 0.1) is 0 Å². The average molecular weight is 313 g/mol. The van der Waals surface area contributed by atoms with Crippen LogP contribution in [0.2, 0.25) is 0 Å². The van der Waals surface area contributed by atoms with E-state index in [0.717, 1.165) is 24.8 Å². The summed E-state index contributed by atoms with van der Waals surface area (Å²) >= 11 is 0. The second kappa shape index (κ2) is 5.75. The van der Waals surface area contributed by atoms with Crippen molar-refractivity contribution in [2.24, 2.45) is 0 Å². The largest absolute Gasteiger partial charge is 0.481 e. The number of sulfonamides is 1. The quantitative estimate of drug-likeness (QED) is 0.716. The van der Waals surface area contributed by atoms with E-state index in [2.05, 4.69) is 4.72 Å². The summed E-state index contributed by atoms with van der Waals surface area (Å²) in [6, 6.07) is 5.00. The lowest BCUT2D eigenvalue weighted by Gasteiger charge is -2.21. The number of hydrogen-bond acceptors (Lipinski definition) is 4. The summed E-state index contributed by atoms with van der Waals surface area (Å²) in [5.74, 6) is -1.18. The van der Waals surface area contributed by atoms with Crippen LogP contribution < -0.4 is 4.72 Å². The molecular formula is C14H19NO5S. The summed E-state index contributed by atoms with van der Waals surface area (Å²) in [6.45, 7) is 0.936. The molecule has 3 N–H and O–H groups in total. The molecule has 0 saturated heterocycles. The third-order valence-corrected chi connectivity index (χ3v) is 4.95. The number of nitrogens with one attached hydrogen (secondary N) is 1. The second-order valence-corrected chi connectivity index (χ2v) is 7.44. The first-order chi connectivity index (χ1) is 9.70. The van der Waals surface area contributed by atoms with Gasteiger partial charge in [0.2, 0.25) is 10.0 Å². The Balaban J connectivity index is 2.10. The van der Waals surface area contributed by atoms with Crippen molar-refractivity contribution in [2.75, 3.05) is 6.54 Å². The Bertz CT molecular complexity index is 651. The molecule has 116 valence electrons. The molecular weight excluding hydrogens is 294 g/mol. The molecule has 0 radical (unpaired) electrons. The molecule has 1 aliphatic rings. The summed E-state index contributed by atoms with van der Waals surface area (Å²) in [5.41, 5.74) is 0.581. The van der Waals surface area contributed by atoms with Crippen LogP contribution in [0.25, 0.3) is 0 Å². The average Bonchev–Trinajstić information content (AvgIpc) is 2.82. The fourth-order valence-electron chi connectivity index (χ4n) is 2.44. The van der Waals surface area contributed by atoms with Crippen molar-refractivity contribution in [2.45, 2.75) is 43.1 Å². The van der Waals surface area contributed by atoms with Crippen molar-refractivity contribution in [3.05, 3.63) is 29.3 Å². The van der Waals surface area contributed by atoms with Crippen LogP contribution in [-0.4, -0.2) is 36.7 Å². The molecule has 0 spiro atoms. The van der Waals surface area contributed by atoms with Crippen molar-refractivity contribution in [1.29, 1.82) is 0 Å². The predicted molar refractivity (Wildman–Crippen MR) is 76.5 cm³/mol. The highest BCUT2D eigenvalue weighted by molar-refractivity contribution is 7.89. The van der Waals surface area contributed by atoms with Crippen molar-refractivity contribution in [1.82, 2.24) is 4.72 Å². The zero-order chi connectivity index (χ0) is 15.7. The van der Waals surface area contributed by atoms with Gasteiger partial charge in [0.25, 0.3) is 0 Å². The number of fused-ring (bicyclic) bond motifs is 1. The minimum absolute atomic E-state index is 0.147. The van der Waals surface area contributed by atoms with E-state index in [0.29, 0.717) is 0 Å². The first-order valence-electron chi connectivity index (χ1n) is 6.75. The number of rotatable bonds is 6. The molecule has 1 atom stereocenters. The summed E-state index contributed by atoms with van der Waals surface area (Å²) in [4.78, 5) is 10.7. The number of benzene rings is 1. The molecule has 0 amide bonds. The Hall–Kier alpha value is -1.44. The summed E-state index contributed by atoms with van der Waals surface area (Å²) in [5, 5.41) is 18.5. The third kappa shape index (κ3) is 4.03. The monoisotopic (exact) mass is 313 g/mol. The fourth-order valence-corrected chi connectivity index (χ4v) is 3.65. The van der Waals surface area contributed by atoms with Gasteiger partial charge >= 0.3 is 5.97 Å². The molecule has 0 saturated carbocycles. The van der Waals surface area contributed by atoms with Crippen molar-refractivity contribution in [3.63, 3.8) is 0 Å². The first-order valence-corrected chi connectivity index (χ1v) is 8.24. The number of carbonyl (C=O) groups is 1. The van der Waals surface area contributed by atoms with Gasteiger partial charge in [0.05, 0.1) is 16.9 Å². The maximum Gasteiger partial charge on any atom is 0.306 e. The van der Waals surface area contributed by atoms with E-state index < -0.39 is 28.0 Å². The van der Waals surface area contributed by atoms with E-state index in [1.165, 1.54) is 12.5 Å². The van der Waals surface area contributed by atoms with Crippen LogP contribution in [0.4, 0.5) is 0 Å². The molecule has 0 fully saturated rings. The standard InChI is InChI=1S/C14H19NO5S/c1-14(18,8-13(16)17)9-15-21(19,20)12-6-5-10-3-2-4-11(10)7-12/h5-7,15,18H,2-4,8-9H2,1H3,(H,16,17). The fraction of sp³-hybridized carbons (Fsp3) is 0.500. The number of aliphatic carboxylic acids is 1. The minimum Gasteiger partial charge on any atom is -0.481 e. The molecule has 1 aromatic carbocycles. The molecule has 1 aliphatic carbocycles. The molecule has 6 nitrogen and oxygen atoms in total. The van der Waals surface area contributed by atoms with Crippen LogP contribution in [-0.2, 0) is 27.7 Å². The van der Waals surface area contributed by atoms with Gasteiger partial charge in [-0.3, -0.25) is 4.79 Å². The molecule has 1 aromatic rings. The van der Waals surface area contributed by atoms with Crippen LogP contribution >= 0.6 is 0 Å². The maximum atomic E-state index is 12.2. The Morgan fingerprint density at radius 3 is 2.67 bits per heavy atom. The lowest BCUT2D eigenvalue weighted by Crippen LogP contribution is -2.42. The third-order valence-electron chi connectivity index (χ3n) is 3.56. The van der Waals surface area contributed by atoms with E-state index in [4.69, 9.17) is 5.11 Å². The Morgan fingerprint density at radius 2 is 2.00 bits per heavy atom. The number of aryl methyl sites for hydroxylation is 2. The molecule has 2 rings (SSSR count). The predicted octanol–water partition coefficient (Wildman–Crippen LogP) is 0.679. The number of carboxylic acid groups (broad SMARTS) is 1. The highest BCUT2D eigenvalue weighted by Crippen LogP contribution is 2.24. The molecule has 1 unspecified atom stereocenters. The number of carboxylic acids is 1. The van der Waals surface area contributed by atoms with Gasteiger partial charge in [-0.05, 0) is 49.4 Å². The van der Waals surface area contributed by atoms with Gasteiger partial charge in [-0.25, -0.2) is 13.1 Å². The Kier molecular flexibility index (Phi) is 4.36. The van der Waals surface area contributed by atoms with Gasteiger partial charge < -0.3 is 10.2 Å². The van der Waals surface area contributed by atoms with Gasteiger partial charge in [0.15, 0.2) is 0 Å². The molecule has 7 heteroatoms. The molecule has 21 heavy (non-hydrogen) atoms. The molecule has 0 heterocycles. The molecule has 0 aromatic heterocycles. The highest BCUT2D eigenvalue weighted by Gasteiger charge is 2.27. The molecule has 0 aliphatic heterocycles. The summed E-state index contributed by atoms with van der Waals surface area (Å²) < 4.78 is 26.7. The second-order valence-electron chi connectivity index (χ2n) is 5.68. The van der Waals surface area contributed by atoms with Gasteiger partial charge in [0, 0.05) is 6.54 Å². The number of hydrogen-bond donors (Lipinski definition) is 3. The van der Waals surface area contributed by atoms with E-state index in [9.17, 15) is 18.3 Å². The zero-order valence-corrected chi connectivity index (χ0v) is 12.6. The summed E-state index contributed by atoms with van der Waals surface area (Å²) in [6.07, 6.45) is 2.34. The van der Waals surface area contributed by atoms with Gasteiger partial charge in [-0.15, -0.1) is 0 Å².